The van der Waals surface area contributed by atoms with E-state index in [1.165, 1.54) is 283 Å². The first-order valence-electron chi connectivity index (χ1n) is 26.8. The van der Waals surface area contributed by atoms with Crippen LogP contribution in [0.25, 0.3) is 0 Å². The smallest absolute Gasteiger partial charge is 0.343 e. The van der Waals surface area contributed by atoms with E-state index in [-0.39, 0.29) is 21.7 Å². The molecule has 0 aliphatic carbocycles. The Morgan fingerprint density at radius 2 is 0.246 bits per heavy atom. The fraction of sp³-hybridized carbons (Fsp3) is 0.929. The number of rotatable bonds is 44. The fourth-order valence-corrected chi connectivity index (χ4v) is 7.36. The van der Waals surface area contributed by atoms with Crippen LogP contribution >= 0.6 is 0 Å². The van der Waals surface area contributed by atoms with Crippen molar-refractivity contribution < 1.29 is 21.7 Å². The van der Waals surface area contributed by atoms with Gasteiger partial charge in [0.1, 0.15) is 0 Å². The molecule has 0 saturated carbocycles. The van der Waals surface area contributed by atoms with E-state index in [2.05, 4.69) is 55.4 Å². The largest absolute Gasteiger partial charge is 4.00 e. The maximum Gasteiger partial charge on any atom is 4.00 e. The summed E-state index contributed by atoms with van der Waals surface area (Å²) < 4.78 is 0. The second kappa shape index (κ2) is 74.2. The van der Waals surface area contributed by atoms with Crippen LogP contribution in [0.1, 0.15) is 336 Å². The van der Waals surface area contributed by atoms with Gasteiger partial charge in [-0.05, 0) is 0 Å². The van der Waals surface area contributed by atoms with E-state index in [9.17, 15) is 0 Å². The molecule has 0 radical (unpaired) electrons. The molecule has 0 aliphatic heterocycles. The van der Waals surface area contributed by atoms with Gasteiger partial charge in [0.2, 0.25) is 0 Å². The molecule has 0 fully saturated rings. The second-order valence-electron chi connectivity index (χ2n) is 17.6. The molecule has 0 N–H and O–H groups in total. The molecule has 0 saturated heterocycles. The molecular formula is C56H116Ti. The topological polar surface area (TPSA) is 0 Å². The van der Waals surface area contributed by atoms with E-state index in [1.807, 2.05) is 0 Å². The summed E-state index contributed by atoms with van der Waals surface area (Å²) in [7, 11) is 0. The van der Waals surface area contributed by atoms with Crippen molar-refractivity contribution in [1.82, 2.24) is 0 Å². The van der Waals surface area contributed by atoms with Crippen molar-refractivity contribution in [3.05, 3.63) is 27.7 Å². The number of unbranched alkanes of at least 4 members (excludes halogenated alkanes) is 44. The quantitative estimate of drug-likeness (QED) is 0.0326. The van der Waals surface area contributed by atoms with Crippen molar-refractivity contribution >= 4 is 0 Å². The third-order valence-corrected chi connectivity index (χ3v) is 11.4. The zero-order valence-electron chi connectivity index (χ0n) is 41.3. The van der Waals surface area contributed by atoms with Crippen LogP contribution in [0, 0.1) is 27.7 Å². The molecule has 57 heavy (non-hydrogen) atoms. The molecular weight excluding hydrogens is 720 g/mol. The predicted molar refractivity (Wildman–Crippen MR) is 266 cm³/mol. The van der Waals surface area contributed by atoms with Crippen molar-refractivity contribution in [3.8, 4) is 0 Å². The number of hydrogen-bond acceptors (Lipinski definition) is 0. The molecule has 0 heterocycles. The van der Waals surface area contributed by atoms with Crippen LogP contribution in [0.3, 0.4) is 0 Å². The van der Waals surface area contributed by atoms with E-state index in [1.54, 1.807) is 0 Å². The van der Waals surface area contributed by atoms with Crippen molar-refractivity contribution in [2.45, 2.75) is 336 Å². The zero-order valence-corrected chi connectivity index (χ0v) is 42.8. The van der Waals surface area contributed by atoms with Gasteiger partial charge >= 0.3 is 21.7 Å². The summed E-state index contributed by atoms with van der Waals surface area (Å²) in [5.41, 5.74) is 0. The average Bonchev–Trinajstić information content (AvgIpc) is 3.21. The Hall–Kier alpha value is 0.714. The van der Waals surface area contributed by atoms with Crippen LogP contribution in [-0.2, 0) is 21.7 Å². The summed E-state index contributed by atoms with van der Waals surface area (Å²) in [6.45, 7) is 24.6. The summed E-state index contributed by atoms with van der Waals surface area (Å²) in [6.07, 6.45) is 67.4. The molecule has 0 spiro atoms. The SMILES string of the molecule is [CH2-]CCCCCCCCCCCCC.[CH2-]CCCCCCCCCCCCC.[CH2-]CCCCCCCCCCCCC.[CH2-]CCCCCCCCCCCCC.[Ti+4]. The van der Waals surface area contributed by atoms with Crippen LogP contribution in [0.15, 0.2) is 0 Å². The minimum atomic E-state index is 0. The van der Waals surface area contributed by atoms with Gasteiger partial charge in [0.25, 0.3) is 0 Å². The molecule has 0 aromatic carbocycles. The third-order valence-electron chi connectivity index (χ3n) is 11.4. The first kappa shape index (κ1) is 66.8. The Morgan fingerprint density at radius 3 is 0.333 bits per heavy atom. The summed E-state index contributed by atoms with van der Waals surface area (Å²) in [5.74, 6) is 0. The maximum atomic E-state index is 3.86. The molecule has 0 nitrogen and oxygen atoms in total. The normalized spacial score (nSPS) is 10.5. The predicted octanol–water partition coefficient (Wildman–Crippen LogP) is 22.1. The van der Waals surface area contributed by atoms with Crippen LogP contribution in [0.5, 0.6) is 0 Å². The van der Waals surface area contributed by atoms with Crippen LogP contribution < -0.4 is 0 Å². The van der Waals surface area contributed by atoms with Crippen LogP contribution in [-0.4, -0.2) is 0 Å². The van der Waals surface area contributed by atoms with Gasteiger partial charge in [0.15, 0.2) is 0 Å². The van der Waals surface area contributed by atoms with E-state index in [0.717, 1.165) is 25.7 Å². The molecule has 0 aromatic heterocycles. The first-order valence-corrected chi connectivity index (χ1v) is 26.8. The van der Waals surface area contributed by atoms with Gasteiger partial charge in [0.05, 0.1) is 0 Å². The van der Waals surface area contributed by atoms with E-state index >= 15 is 0 Å². The Labute approximate surface area is 383 Å². The van der Waals surface area contributed by atoms with Crippen molar-refractivity contribution in [3.63, 3.8) is 0 Å². The van der Waals surface area contributed by atoms with Crippen molar-refractivity contribution in [2.24, 2.45) is 0 Å². The maximum absolute atomic E-state index is 3.86. The molecule has 0 aliphatic rings. The van der Waals surface area contributed by atoms with Crippen molar-refractivity contribution in [2.75, 3.05) is 0 Å². The van der Waals surface area contributed by atoms with Gasteiger partial charge in [0, 0.05) is 0 Å². The molecule has 344 valence electrons. The van der Waals surface area contributed by atoms with Gasteiger partial charge in [-0.25, -0.2) is 0 Å². The molecule has 1 heteroatoms. The molecule has 0 atom stereocenters. The molecule has 0 aromatic rings. The van der Waals surface area contributed by atoms with E-state index in [0.29, 0.717) is 0 Å². The molecule has 0 amide bonds. The summed E-state index contributed by atoms with van der Waals surface area (Å²) in [5, 5.41) is 0. The van der Waals surface area contributed by atoms with Gasteiger partial charge in [-0.2, -0.15) is 25.7 Å². The summed E-state index contributed by atoms with van der Waals surface area (Å²) in [6, 6.07) is 0. The second-order valence-corrected chi connectivity index (χ2v) is 17.6. The Balaban J connectivity index is -0.000000210. The van der Waals surface area contributed by atoms with Gasteiger partial charge in [-0.3, -0.25) is 0 Å². The first-order chi connectivity index (χ1) is 27.7. The monoisotopic (exact) mass is 837 g/mol. The minimum absolute atomic E-state index is 0. The molecule has 0 unspecified atom stereocenters. The third kappa shape index (κ3) is 84.9. The molecule has 0 bridgehead atoms. The van der Waals surface area contributed by atoms with Gasteiger partial charge < -0.3 is 27.7 Å². The van der Waals surface area contributed by atoms with Crippen LogP contribution in [0.4, 0.5) is 0 Å². The molecule has 0 rings (SSSR count). The van der Waals surface area contributed by atoms with E-state index in [4.69, 9.17) is 0 Å². The summed E-state index contributed by atoms with van der Waals surface area (Å²) >= 11 is 0. The Kier molecular flexibility index (Phi) is 86.9. The Bertz CT molecular complexity index is 399. The Morgan fingerprint density at radius 1 is 0.158 bits per heavy atom. The van der Waals surface area contributed by atoms with Crippen LogP contribution in [0.2, 0.25) is 0 Å². The van der Waals surface area contributed by atoms with Gasteiger partial charge in [-0.1, -0.05) is 310 Å². The minimum Gasteiger partial charge on any atom is -0.343 e. The summed E-state index contributed by atoms with van der Waals surface area (Å²) in [4.78, 5) is 0. The average molecular weight is 837 g/mol. The van der Waals surface area contributed by atoms with E-state index < -0.39 is 0 Å². The van der Waals surface area contributed by atoms with Gasteiger partial charge in [-0.15, -0.1) is 0 Å². The fourth-order valence-electron chi connectivity index (χ4n) is 7.36. The number of hydrogen-bond donors (Lipinski definition) is 0. The zero-order chi connectivity index (χ0) is 41.9. The standard InChI is InChI=1S/4C14H29.Ti/c4*1-3-5-7-9-11-13-14-12-10-8-6-4-2;/h4*1,3-14H2,2H3;/q4*-1;+4. The van der Waals surface area contributed by atoms with Crippen molar-refractivity contribution in [1.29, 1.82) is 0 Å².